The molecule has 0 aromatic heterocycles. The van der Waals surface area contributed by atoms with Crippen LogP contribution < -0.4 is 10.2 Å². The van der Waals surface area contributed by atoms with Gasteiger partial charge < -0.3 is 20.1 Å². The Kier molecular flexibility index (Phi) is 4.71. The molecule has 7 nitrogen and oxygen atoms in total. The number of amides is 2. The molecular formula is C17H19FN2O5. The summed E-state index contributed by atoms with van der Waals surface area (Å²) in [5, 5.41) is 11.8. The monoisotopic (exact) mass is 350 g/mol. The van der Waals surface area contributed by atoms with E-state index in [2.05, 4.69) is 5.32 Å². The number of ether oxygens (including phenoxy) is 1. The van der Waals surface area contributed by atoms with Crippen LogP contribution in [0.25, 0.3) is 0 Å². The second kappa shape index (κ2) is 6.79. The van der Waals surface area contributed by atoms with Crippen LogP contribution in [0.5, 0.6) is 0 Å². The molecule has 1 aromatic rings. The number of carbonyl (C=O) groups excluding carboxylic acids is 2. The number of nitrogens with zero attached hydrogens (tertiary/aromatic N) is 1. The summed E-state index contributed by atoms with van der Waals surface area (Å²) >= 11 is 0. The summed E-state index contributed by atoms with van der Waals surface area (Å²) in [6.45, 7) is 0.840. The Bertz CT molecular complexity index is 685. The molecule has 1 aromatic carbocycles. The van der Waals surface area contributed by atoms with E-state index in [4.69, 9.17) is 9.84 Å². The van der Waals surface area contributed by atoms with Crippen molar-refractivity contribution >= 4 is 23.5 Å². The van der Waals surface area contributed by atoms with Crippen molar-refractivity contribution in [3.8, 4) is 0 Å². The molecule has 2 amide bonds. The maximum absolute atomic E-state index is 13.0. The van der Waals surface area contributed by atoms with Crippen molar-refractivity contribution in [2.75, 3.05) is 24.7 Å². The van der Waals surface area contributed by atoms with E-state index in [0.29, 0.717) is 31.7 Å². The third-order valence-corrected chi connectivity index (χ3v) is 4.64. The number of carbonyl (C=O) groups is 3. The lowest BCUT2D eigenvalue weighted by Crippen LogP contribution is -2.53. The molecule has 2 N–H and O–H groups in total. The SMILES string of the molecule is O=C(O)CC1(NC(=O)C2CCN(c3ccc(F)cc3)C2=O)CCOC1. The van der Waals surface area contributed by atoms with E-state index in [1.165, 1.54) is 29.2 Å². The first kappa shape index (κ1) is 17.3. The van der Waals surface area contributed by atoms with Crippen molar-refractivity contribution in [2.45, 2.75) is 24.8 Å². The van der Waals surface area contributed by atoms with Gasteiger partial charge in [0.2, 0.25) is 11.8 Å². The van der Waals surface area contributed by atoms with Gasteiger partial charge in [-0.2, -0.15) is 0 Å². The summed E-state index contributed by atoms with van der Waals surface area (Å²) in [4.78, 5) is 37.6. The molecule has 0 bridgehead atoms. The predicted molar refractivity (Wildman–Crippen MR) is 85.4 cm³/mol. The van der Waals surface area contributed by atoms with Gasteiger partial charge in [-0.15, -0.1) is 0 Å². The molecule has 25 heavy (non-hydrogen) atoms. The van der Waals surface area contributed by atoms with Crippen molar-refractivity contribution in [1.29, 1.82) is 0 Å². The molecule has 3 rings (SSSR count). The molecule has 2 atom stereocenters. The highest BCUT2D eigenvalue weighted by molar-refractivity contribution is 6.09. The predicted octanol–water partition coefficient (Wildman–Crippen LogP) is 0.929. The summed E-state index contributed by atoms with van der Waals surface area (Å²) < 4.78 is 18.3. The van der Waals surface area contributed by atoms with Crippen molar-refractivity contribution < 1.29 is 28.6 Å². The van der Waals surface area contributed by atoms with Crippen molar-refractivity contribution in [3.05, 3.63) is 30.1 Å². The molecule has 0 radical (unpaired) electrons. The number of anilines is 1. The first-order chi connectivity index (χ1) is 11.9. The third-order valence-electron chi connectivity index (χ3n) is 4.64. The molecule has 8 heteroatoms. The molecule has 2 aliphatic heterocycles. The summed E-state index contributed by atoms with van der Waals surface area (Å²) in [7, 11) is 0. The van der Waals surface area contributed by atoms with Crippen molar-refractivity contribution in [3.63, 3.8) is 0 Å². The Morgan fingerprint density at radius 3 is 2.68 bits per heavy atom. The number of halogens is 1. The number of benzene rings is 1. The number of nitrogens with one attached hydrogen (secondary N) is 1. The zero-order valence-electron chi connectivity index (χ0n) is 13.5. The Balaban J connectivity index is 1.69. The third kappa shape index (κ3) is 3.63. The molecule has 2 heterocycles. The summed E-state index contributed by atoms with van der Waals surface area (Å²) in [5.74, 6) is -3.16. The molecule has 0 saturated carbocycles. The average molecular weight is 350 g/mol. The molecule has 2 fully saturated rings. The van der Waals surface area contributed by atoms with Gasteiger partial charge >= 0.3 is 5.97 Å². The first-order valence-corrected chi connectivity index (χ1v) is 8.09. The smallest absolute Gasteiger partial charge is 0.305 e. The van der Waals surface area contributed by atoms with Crippen LogP contribution in [0, 0.1) is 11.7 Å². The lowest BCUT2D eigenvalue weighted by atomic mass is 9.93. The van der Waals surface area contributed by atoms with Gasteiger partial charge in [-0.3, -0.25) is 14.4 Å². The fourth-order valence-corrected chi connectivity index (χ4v) is 3.33. The fraction of sp³-hybridized carbons (Fsp3) is 0.471. The zero-order valence-corrected chi connectivity index (χ0v) is 13.5. The molecule has 2 aliphatic rings. The van der Waals surface area contributed by atoms with Crippen molar-refractivity contribution in [1.82, 2.24) is 5.32 Å². The second-order valence-corrected chi connectivity index (χ2v) is 6.45. The van der Waals surface area contributed by atoms with Gasteiger partial charge in [0.1, 0.15) is 11.7 Å². The standard InChI is InChI=1S/C17H19FN2O5/c18-11-1-3-12(4-2-11)20-7-5-13(16(20)24)15(23)19-17(9-14(21)22)6-8-25-10-17/h1-4,13H,5-10H2,(H,19,23)(H,21,22). The van der Waals surface area contributed by atoms with Crippen LogP contribution >= 0.6 is 0 Å². The van der Waals surface area contributed by atoms with Crippen LogP contribution in [-0.2, 0) is 19.1 Å². The highest BCUT2D eigenvalue weighted by Crippen LogP contribution is 2.28. The maximum Gasteiger partial charge on any atom is 0.305 e. The molecule has 0 spiro atoms. The highest BCUT2D eigenvalue weighted by atomic mass is 19.1. The Hall–Kier alpha value is -2.48. The maximum atomic E-state index is 13.0. The van der Waals surface area contributed by atoms with E-state index in [0.717, 1.165) is 0 Å². The number of hydrogen-bond donors (Lipinski definition) is 2. The fourth-order valence-electron chi connectivity index (χ4n) is 3.33. The van der Waals surface area contributed by atoms with Crippen LogP contribution in [0.2, 0.25) is 0 Å². The van der Waals surface area contributed by atoms with E-state index >= 15 is 0 Å². The Morgan fingerprint density at radius 1 is 1.36 bits per heavy atom. The summed E-state index contributed by atoms with van der Waals surface area (Å²) in [6.07, 6.45) is 0.473. The van der Waals surface area contributed by atoms with Crippen LogP contribution in [0.4, 0.5) is 10.1 Å². The van der Waals surface area contributed by atoms with Crippen LogP contribution in [-0.4, -0.2) is 48.2 Å². The van der Waals surface area contributed by atoms with E-state index in [1.54, 1.807) is 0 Å². The minimum atomic E-state index is -1.03. The summed E-state index contributed by atoms with van der Waals surface area (Å²) in [5.41, 5.74) is -0.432. The van der Waals surface area contributed by atoms with Gasteiger partial charge in [0.05, 0.1) is 18.6 Å². The minimum Gasteiger partial charge on any atom is -0.481 e. The Labute approximate surface area is 143 Å². The molecular weight excluding hydrogens is 331 g/mol. The van der Waals surface area contributed by atoms with Crippen LogP contribution in [0.1, 0.15) is 19.3 Å². The second-order valence-electron chi connectivity index (χ2n) is 6.45. The van der Waals surface area contributed by atoms with Crippen LogP contribution in [0.3, 0.4) is 0 Å². The number of rotatable bonds is 5. The van der Waals surface area contributed by atoms with Gasteiger partial charge in [-0.25, -0.2) is 4.39 Å². The molecule has 2 unspecified atom stereocenters. The zero-order chi connectivity index (χ0) is 18.0. The van der Waals surface area contributed by atoms with E-state index in [-0.39, 0.29) is 18.9 Å². The Morgan fingerprint density at radius 2 is 2.08 bits per heavy atom. The highest BCUT2D eigenvalue weighted by Gasteiger charge is 2.44. The number of aliphatic carboxylic acids is 1. The normalized spacial score (nSPS) is 26.0. The molecule has 2 saturated heterocycles. The van der Waals surface area contributed by atoms with Gasteiger partial charge in [0.15, 0.2) is 0 Å². The van der Waals surface area contributed by atoms with E-state index in [1.807, 2.05) is 0 Å². The minimum absolute atomic E-state index is 0.119. The molecule has 134 valence electrons. The quantitative estimate of drug-likeness (QED) is 0.770. The van der Waals surface area contributed by atoms with E-state index < -0.39 is 29.2 Å². The largest absolute Gasteiger partial charge is 0.481 e. The average Bonchev–Trinajstić information content (AvgIpc) is 3.14. The number of carboxylic acids is 1. The van der Waals surface area contributed by atoms with Crippen molar-refractivity contribution in [2.24, 2.45) is 5.92 Å². The van der Waals surface area contributed by atoms with Gasteiger partial charge in [-0.05, 0) is 37.1 Å². The lowest BCUT2D eigenvalue weighted by molar-refractivity contribution is -0.139. The summed E-state index contributed by atoms with van der Waals surface area (Å²) in [6, 6.07) is 5.50. The molecule has 0 aliphatic carbocycles. The van der Waals surface area contributed by atoms with Crippen LogP contribution in [0.15, 0.2) is 24.3 Å². The first-order valence-electron chi connectivity index (χ1n) is 8.09. The number of hydrogen-bond acceptors (Lipinski definition) is 4. The van der Waals surface area contributed by atoms with E-state index in [9.17, 15) is 18.8 Å². The van der Waals surface area contributed by atoms with Gasteiger partial charge in [-0.1, -0.05) is 0 Å². The van der Waals surface area contributed by atoms with Gasteiger partial charge in [0.25, 0.3) is 0 Å². The lowest BCUT2D eigenvalue weighted by Gasteiger charge is -2.28. The van der Waals surface area contributed by atoms with Gasteiger partial charge in [0, 0.05) is 18.8 Å². The topological polar surface area (TPSA) is 95.9 Å². The number of carboxylic acid groups (broad SMARTS) is 1.